The van der Waals surface area contributed by atoms with Gasteiger partial charge in [-0.15, -0.1) is 0 Å². The van der Waals surface area contributed by atoms with Gasteiger partial charge >= 0.3 is 5.97 Å². The van der Waals surface area contributed by atoms with Crippen molar-refractivity contribution in [1.29, 1.82) is 0 Å². The van der Waals surface area contributed by atoms with Crippen molar-refractivity contribution in [3.05, 3.63) is 33.8 Å². The van der Waals surface area contributed by atoms with E-state index < -0.39 is 17.9 Å². The summed E-state index contributed by atoms with van der Waals surface area (Å²) in [6.07, 6.45) is 0.455. The minimum Gasteiger partial charge on any atom is -0.478 e. The Kier molecular flexibility index (Phi) is 5.69. The van der Waals surface area contributed by atoms with Crippen molar-refractivity contribution >= 4 is 33.7 Å². The van der Waals surface area contributed by atoms with Gasteiger partial charge in [0.05, 0.1) is 11.1 Å². The van der Waals surface area contributed by atoms with E-state index in [1.165, 1.54) is 25.2 Å². The van der Waals surface area contributed by atoms with Crippen molar-refractivity contribution < 1.29 is 19.5 Å². The highest BCUT2D eigenvalue weighted by molar-refractivity contribution is 9.10. The van der Waals surface area contributed by atoms with Crippen LogP contribution in [0.1, 0.15) is 34.1 Å². The summed E-state index contributed by atoms with van der Waals surface area (Å²) in [5.41, 5.74) is 0.351. The number of benzene rings is 1. The molecule has 0 aliphatic rings. The Morgan fingerprint density at radius 1 is 1.35 bits per heavy atom. The molecule has 1 rings (SSSR count). The number of hydrogen-bond acceptors (Lipinski definition) is 3. The normalized spacial score (nSPS) is 11.6. The Morgan fingerprint density at radius 2 is 2.00 bits per heavy atom. The van der Waals surface area contributed by atoms with Gasteiger partial charge in [-0.1, -0.05) is 6.92 Å². The van der Waals surface area contributed by atoms with Crippen LogP contribution in [0.25, 0.3) is 0 Å². The maximum atomic E-state index is 12.1. The Labute approximate surface area is 124 Å². The summed E-state index contributed by atoms with van der Waals surface area (Å²) in [5, 5.41) is 13.9. The first kappa shape index (κ1) is 16.2. The van der Waals surface area contributed by atoms with Gasteiger partial charge in [-0.3, -0.25) is 9.59 Å². The van der Waals surface area contributed by atoms with E-state index in [0.717, 1.165) is 0 Å². The van der Waals surface area contributed by atoms with Gasteiger partial charge in [0, 0.05) is 11.5 Å². The highest BCUT2D eigenvalue weighted by atomic mass is 79.9. The second-order valence-corrected chi connectivity index (χ2v) is 4.90. The SMILES string of the molecule is CCC(NC(=O)c1ccc(C(=O)O)cc1Br)C(=O)NC. The van der Waals surface area contributed by atoms with E-state index in [4.69, 9.17) is 5.11 Å². The van der Waals surface area contributed by atoms with Gasteiger partial charge in [-0.05, 0) is 40.5 Å². The lowest BCUT2D eigenvalue weighted by Crippen LogP contribution is -2.45. The zero-order valence-electron chi connectivity index (χ0n) is 11.1. The molecule has 7 heteroatoms. The molecule has 0 saturated carbocycles. The van der Waals surface area contributed by atoms with Crippen LogP contribution in [0.2, 0.25) is 0 Å². The van der Waals surface area contributed by atoms with Gasteiger partial charge < -0.3 is 15.7 Å². The van der Waals surface area contributed by atoms with Crippen molar-refractivity contribution in [2.24, 2.45) is 0 Å². The zero-order chi connectivity index (χ0) is 15.3. The summed E-state index contributed by atoms with van der Waals surface area (Å²) in [6.45, 7) is 1.78. The summed E-state index contributed by atoms with van der Waals surface area (Å²) < 4.78 is 0.363. The molecule has 20 heavy (non-hydrogen) atoms. The highest BCUT2D eigenvalue weighted by Gasteiger charge is 2.20. The summed E-state index contributed by atoms with van der Waals surface area (Å²) in [6, 6.07) is 3.46. The maximum Gasteiger partial charge on any atom is 0.335 e. The smallest absolute Gasteiger partial charge is 0.335 e. The first-order valence-corrected chi connectivity index (χ1v) is 6.75. The second kappa shape index (κ2) is 7.04. The molecular formula is C13H15BrN2O4. The molecule has 0 saturated heterocycles. The predicted octanol–water partition coefficient (Wildman–Crippen LogP) is 1.40. The fraction of sp³-hybridized carbons (Fsp3) is 0.308. The number of rotatable bonds is 5. The van der Waals surface area contributed by atoms with Crippen LogP contribution in [0.15, 0.2) is 22.7 Å². The number of aromatic carboxylic acids is 1. The molecule has 0 radical (unpaired) electrons. The molecule has 0 aliphatic carbocycles. The van der Waals surface area contributed by atoms with Crippen LogP contribution in [0, 0.1) is 0 Å². The van der Waals surface area contributed by atoms with Crippen LogP contribution in [0.3, 0.4) is 0 Å². The number of nitrogens with one attached hydrogen (secondary N) is 2. The van der Waals surface area contributed by atoms with Gasteiger partial charge in [-0.2, -0.15) is 0 Å². The third-order valence-corrected chi connectivity index (χ3v) is 3.39. The van der Waals surface area contributed by atoms with E-state index in [-0.39, 0.29) is 17.0 Å². The molecular weight excluding hydrogens is 328 g/mol. The predicted molar refractivity (Wildman–Crippen MR) is 76.7 cm³/mol. The van der Waals surface area contributed by atoms with E-state index in [0.29, 0.717) is 10.9 Å². The van der Waals surface area contributed by atoms with Gasteiger partial charge in [0.15, 0.2) is 0 Å². The average molecular weight is 343 g/mol. The molecule has 1 atom stereocenters. The van der Waals surface area contributed by atoms with Crippen molar-refractivity contribution in [1.82, 2.24) is 10.6 Å². The number of carbonyl (C=O) groups is 3. The molecule has 2 amide bonds. The van der Waals surface area contributed by atoms with E-state index >= 15 is 0 Å². The number of halogens is 1. The van der Waals surface area contributed by atoms with Crippen LogP contribution in [-0.4, -0.2) is 36.0 Å². The Bertz CT molecular complexity index is 545. The monoisotopic (exact) mass is 342 g/mol. The molecule has 0 aromatic heterocycles. The Morgan fingerprint density at radius 3 is 2.45 bits per heavy atom. The van der Waals surface area contributed by atoms with Crippen molar-refractivity contribution in [3.8, 4) is 0 Å². The molecule has 6 nitrogen and oxygen atoms in total. The fourth-order valence-electron chi connectivity index (χ4n) is 1.60. The molecule has 3 N–H and O–H groups in total. The molecule has 0 aliphatic heterocycles. The number of amides is 2. The van der Waals surface area contributed by atoms with Crippen molar-refractivity contribution in [2.75, 3.05) is 7.05 Å². The minimum absolute atomic E-state index is 0.0757. The first-order chi connectivity index (χ1) is 9.40. The van der Waals surface area contributed by atoms with Crippen molar-refractivity contribution in [3.63, 3.8) is 0 Å². The van der Waals surface area contributed by atoms with Crippen LogP contribution in [0.4, 0.5) is 0 Å². The summed E-state index contributed by atoms with van der Waals surface area (Å²) in [4.78, 5) is 34.4. The summed E-state index contributed by atoms with van der Waals surface area (Å²) >= 11 is 3.16. The number of hydrogen-bond donors (Lipinski definition) is 3. The van der Waals surface area contributed by atoms with Crippen molar-refractivity contribution in [2.45, 2.75) is 19.4 Å². The molecule has 108 valence electrons. The van der Waals surface area contributed by atoms with E-state index in [1.54, 1.807) is 6.92 Å². The molecule has 0 heterocycles. The number of carboxylic acids is 1. The lowest BCUT2D eigenvalue weighted by atomic mass is 10.1. The zero-order valence-corrected chi connectivity index (χ0v) is 12.7. The summed E-state index contributed by atoms with van der Waals surface area (Å²) in [7, 11) is 1.49. The number of carboxylic acid groups (broad SMARTS) is 1. The van der Waals surface area contributed by atoms with Crippen LogP contribution in [-0.2, 0) is 4.79 Å². The minimum atomic E-state index is -1.07. The molecule has 1 aromatic carbocycles. The van der Waals surface area contributed by atoms with Crippen LogP contribution in [0.5, 0.6) is 0 Å². The first-order valence-electron chi connectivity index (χ1n) is 5.96. The lowest BCUT2D eigenvalue weighted by molar-refractivity contribution is -0.122. The van der Waals surface area contributed by atoms with Crippen LogP contribution < -0.4 is 10.6 Å². The quantitative estimate of drug-likeness (QED) is 0.753. The average Bonchev–Trinajstić information content (AvgIpc) is 2.43. The highest BCUT2D eigenvalue weighted by Crippen LogP contribution is 2.19. The largest absolute Gasteiger partial charge is 0.478 e. The molecule has 0 bridgehead atoms. The number of likely N-dealkylation sites (N-methyl/N-ethyl adjacent to an activating group) is 1. The fourth-order valence-corrected chi connectivity index (χ4v) is 2.15. The Hall–Kier alpha value is -1.89. The Balaban J connectivity index is 2.92. The van der Waals surface area contributed by atoms with Gasteiger partial charge in [0.25, 0.3) is 5.91 Å². The topological polar surface area (TPSA) is 95.5 Å². The lowest BCUT2D eigenvalue weighted by Gasteiger charge is -2.16. The third-order valence-electron chi connectivity index (χ3n) is 2.74. The molecule has 1 aromatic rings. The van der Waals surface area contributed by atoms with E-state index in [9.17, 15) is 14.4 Å². The van der Waals surface area contributed by atoms with Gasteiger partial charge in [0.2, 0.25) is 5.91 Å². The van der Waals surface area contributed by atoms with E-state index in [2.05, 4.69) is 26.6 Å². The molecule has 0 spiro atoms. The second-order valence-electron chi connectivity index (χ2n) is 4.05. The van der Waals surface area contributed by atoms with Crippen LogP contribution >= 0.6 is 15.9 Å². The van der Waals surface area contributed by atoms with Gasteiger partial charge in [-0.25, -0.2) is 4.79 Å². The summed E-state index contributed by atoms with van der Waals surface area (Å²) in [5.74, 6) is -1.79. The van der Waals surface area contributed by atoms with Gasteiger partial charge in [0.1, 0.15) is 6.04 Å². The molecule has 0 fully saturated rings. The molecule has 1 unspecified atom stereocenters. The third kappa shape index (κ3) is 3.80. The standard InChI is InChI=1S/C13H15BrN2O4/c1-3-10(12(18)15-2)16-11(17)8-5-4-7(13(19)20)6-9(8)14/h4-6,10H,3H2,1-2H3,(H,15,18)(H,16,17)(H,19,20). The maximum absolute atomic E-state index is 12.1. The number of carbonyl (C=O) groups excluding carboxylic acids is 2. The van der Waals surface area contributed by atoms with E-state index in [1.807, 2.05) is 0 Å².